The number of amides is 2. The molecule has 138 valence electrons. The Bertz CT molecular complexity index is 791. The molecule has 2 N–H and O–H groups in total. The van der Waals surface area contributed by atoms with E-state index >= 15 is 0 Å². The van der Waals surface area contributed by atoms with Gasteiger partial charge in [0.05, 0.1) is 11.7 Å². The fraction of sp³-hybridized carbons (Fsp3) is 0.429. The van der Waals surface area contributed by atoms with E-state index in [0.29, 0.717) is 6.54 Å². The van der Waals surface area contributed by atoms with E-state index in [1.165, 1.54) is 0 Å². The van der Waals surface area contributed by atoms with Crippen molar-refractivity contribution in [3.63, 3.8) is 0 Å². The molecule has 3 rings (SSSR count). The number of carbonyl (C=O) groups is 2. The molecule has 0 saturated carbocycles. The third-order valence-electron chi connectivity index (χ3n) is 5.48. The second kappa shape index (κ2) is 7.87. The summed E-state index contributed by atoms with van der Waals surface area (Å²) in [6, 6.07) is 14.0. The van der Waals surface area contributed by atoms with Gasteiger partial charge in [-0.2, -0.15) is 0 Å². The Morgan fingerprint density at radius 2 is 1.81 bits per heavy atom. The first-order valence-electron chi connectivity index (χ1n) is 9.35. The van der Waals surface area contributed by atoms with Gasteiger partial charge in [-0.25, -0.2) is 0 Å². The molecule has 1 heterocycles. The number of likely N-dealkylation sites (tertiary alicyclic amines) is 1. The molecule has 0 unspecified atom stereocenters. The van der Waals surface area contributed by atoms with Crippen molar-refractivity contribution in [1.82, 2.24) is 4.90 Å². The number of anilines is 1. The molecule has 26 heavy (non-hydrogen) atoms. The van der Waals surface area contributed by atoms with E-state index in [2.05, 4.69) is 23.1 Å². The van der Waals surface area contributed by atoms with Gasteiger partial charge in [0.2, 0.25) is 11.8 Å². The van der Waals surface area contributed by atoms with E-state index in [4.69, 9.17) is 5.73 Å². The number of hydrogen-bond donors (Lipinski definition) is 1. The maximum absolute atomic E-state index is 13.2. The number of hydrogen-bond acceptors (Lipinski definition) is 3. The largest absolute Gasteiger partial charge is 0.369 e. The maximum atomic E-state index is 13.2. The second-order valence-corrected chi connectivity index (χ2v) is 6.97. The summed E-state index contributed by atoms with van der Waals surface area (Å²) in [6.45, 7) is 6.04. The summed E-state index contributed by atoms with van der Waals surface area (Å²) in [4.78, 5) is 28.6. The van der Waals surface area contributed by atoms with Crippen molar-refractivity contribution in [3.05, 3.63) is 42.5 Å². The maximum Gasteiger partial charge on any atom is 0.244 e. The molecule has 2 aromatic carbocycles. The minimum atomic E-state index is -0.227. The molecule has 2 aromatic rings. The van der Waals surface area contributed by atoms with Gasteiger partial charge in [0.15, 0.2) is 0 Å². The van der Waals surface area contributed by atoms with Gasteiger partial charge in [-0.1, -0.05) is 36.4 Å². The smallest absolute Gasteiger partial charge is 0.244 e. The number of likely N-dealkylation sites (N-methyl/N-ethyl adjacent to an activating group) is 1. The van der Waals surface area contributed by atoms with Gasteiger partial charge in [0, 0.05) is 17.8 Å². The van der Waals surface area contributed by atoms with E-state index in [1.54, 1.807) is 0 Å². The Labute approximate surface area is 154 Å². The van der Waals surface area contributed by atoms with E-state index in [-0.39, 0.29) is 23.8 Å². The number of rotatable bonds is 5. The molecule has 1 aliphatic rings. The summed E-state index contributed by atoms with van der Waals surface area (Å²) < 4.78 is 0. The lowest BCUT2D eigenvalue weighted by molar-refractivity contribution is -0.125. The molecule has 0 bridgehead atoms. The summed E-state index contributed by atoms with van der Waals surface area (Å²) in [5.74, 6) is -0.190. The minimum Gasteiger partial charge on any atom is -0.369 e. The predicted molar refractivity (Wildman–Crippen MR) is 105 cm³/mol. The quantitative estimate of drug-likeness (QED) is 0.899. The van der Waals surface area contributed by atoms with E-state index in [0.717, 1.165) is 42.4 Å². The van der Waals surface area contributed by atoms with Crippen molar-refractivity contribution in [2.24, 2.45) is 11.7 Å². The lowest BCUT2D eigenvalue weighted by Crippen LogP contribution is -2.50. The van der Waals surface area contributed by atoms with Crippen LogP contribution in [0.15, 0.2) is 42.5 Å². The molecule has 1 saturated heterocycles. The summed E-state index contributed by atoms with van der Waals surface area (Å²) in [6.07, 6.45) is 1.46. The summed E-state index contributed by atoms with van der Waals surface area (Å²) in [5.41, 5.74) is 6.37. The van der Waals surface area contributed by atoms with Crippen molar-refractivity contribution >= 4 is 28.3 Å². The average molecular weight is 353 g/mol. The molecular formula is C21H27N3O2. The standard InChI is InChI=1S/C21H27N3O2/c1-3-24(19-10-6-8-16-7-4-5-9-18(16)19)21(26)15(2)23-13-11-17(12-14-23)20(22)25/h4-10,15,17H,3,11-14H2,1-2H3,(H2,22,25)/t15-/m0/s1. The molecule has 2 amide bonds. The first-order chi connectivity index (χ1) is 12.5. The number of primary amides is 1. The highest BCUT2D eigenvalue weighted by Gasteiger charge is 2.31. The van der Waals surface area contributed by atoms with Crippen molar-refractivity contribution < 1.29 is 9.59 Å². The highest BCUT2D eigenvalue weighted by atomic mass is 16.2. The fourth-order valence-corrected chi connectivity index (χ4v) is 3.84. The van der Waals surface area contributed by atoms with Crippen LogP contribution in [0.5, 0.6) is 0 Å². The van der Waals surface area contributed by atoms with Crippen molar-refractivity contribution in [3.8, 4) is 0 Å². The van der Waals surface area contributed by atoms with Crippen LogP contribution >= 0.6 is 0 Å². The Kier molecular flexibility index (Phi) is 5.57. The van der Waals surface area contributed by atoms with Crippen LogP contribution in [0.25, 0.3) is 10.8 Å². The molecule has 0 radical (unpaired) electrons. The number of fused-ring (bicyclic) bond motifs is 1. The van der Waals surface area contributed by atoms with Crippen molar-refractivity contribution in [1.29, 1.82) is 0 Å². The van der Waals surface area contributed by atoms with Gasteiger partial charge in [-0.05, 0) is 51.2 Å². The van der Waals surface area contributed by atoms with Gasteiger partial charge in [0.25, 0.3) is 0 Å². The van der Waals surface area contributed by atoms with Crippen LogP contribution in [0.4, 0.5) is 5.69 Å². The second-order valence-electron chi connectivity index (χ2n) is 6.97. The molecular weight excluding hydrogens is 326 g/mol. The highest BCUT2D eigenvalue weighted by molar-refractivity contribution is 6.05. The monoisotopic (exact) mass is 353 g/mol. The first-order valence-corrected chi connectivity index (χ1v) is 9.35. The van der Waals surface area contributed by atoms with E-state index < -0.39 is 0 Å². The number of benzene rings is 2. The third-order valence-corrected chi connectivity index (χ3v) is 5.48. The number of nitrogens with two attached hydrogens (primary N) is 1. The lowest BCUT2D eigenvalue weighted by atomic mass is 9.95. The van der Waals surface area contributed by atoms with E-state index in [9.17, 15) is 9.59 Å². The van der Waals surface area contributed by atoms with E-state index in [1.807, 2.05) is 43.0 Å². The summed E-state index contributed by atoms with van der Waals surface area (Å²) >= 11 is 0. The van der Waals surface area contributed by atoms with Crippen LogP contribution in [-0.4, -0.2) is 42.4 Å². The SMILES string of the molecule is CCN(C(=O)[C@H](C)N1CCC(C(N)=O)CC1)c1cccc2ccccc12. The molecule has 5 nitrogen and oxygen atoms in total. The molecule has 1 atom stereocenters. The molecule has 5 heteroatoms. The van der Waals surface area contributed by atoms with Crippen LogP contribution in [0.1, 0.15) is 26.7 Å². The Morgan fingerprint density at radius 1 is 1.15 bits per heavy atom. The number of piperidine rings is 1. The minimum absolute atomic E-state index is 0.0612. The summed E-state index contributed by atoms with van der Waals surface area (Å²) in [5, 5.41) is 2.22. The topological polar surface area (TPSA) is 66.6 Å². The van der Waals surface area contributed by atoms with Crippen LogP contribution in [0.2, 0.25) is 0 Å². The molecule has 0 aromatic heterocycles. The Hall–Kier alpha value is -2.40. The predicted octanol–water partition coefficient (Wildman–Crippen LogP) is 2.78. The fourth-order valence-electron chi connectivity index (χ4n) is 3.84. The summed E-state index contributed by atoms with van der Waals surface area (Å²) in [7, 11) is 0. The highest BCUT2D eigenvalue weighted by Crippen LogP contribution is 2.28. The van der Waals surface area contributed by atoms with Crippen molar-refractivity contribution in [2.45, 2.75) is 32.7 Å². The zero-order valence-corrected chi connectivity index (χ0v) is 15.5. The van der Waals surface area contributed by atoms with Crippen LogP contribution in [0.3, 0.4) is 0 Å². The van der Waals surface area contributed by atoms with Crippen LogP contribution in [-0.2, 0) is 9.59 Å². The average Bonchev–Trinajstić information content (AvgIpc) is 2.68. The van der Waals surface area contributed by atoms with Crippen LogP contribution < -0.4 is 10.6 Å². The lowest BCUT2D eigenvalue weighted by Gasteiger charge is -2.36. The van der Waals surface area contributed by atoms with Gasteiger partial charge in [0.1, 0.15) is 0 Å². The number of carbonyl (C=O) groups excluding carboxylic acids is 2. The Balaban J connectivity index is 1.79. The van der Waals surface area contributed by atoms with Gasteiger partial charge < -0.3 is 10.6 Å². The molecule has 0 spiro atoms. The molecule has 0 aliphatic carbocycles. The first kappa shape index (κ1) is 18.4. The van der Waals surface area contributed by atoms with Crippen molar-refractivity contribution in [2.75, 3.05) is 24.5 Å². The Morgan fingerprint density at radius 3 is 2.46 bits per heavy atom. The van der Waals surface area contributed by atoms with Gasteiger partial charge in [-0.15, -0.1) is 0 Å². The zero-order chi connectivity index (χ0) is 18.7. The molecule has 1 fully saturated rings. The van der Waals surface area contributed by atoms with Crippen LogP contribution in [0, 0.1) is 5.92 Å². The zero-order valence-electron chi connectivity index (χ0n) is 15.5. The molecule has 1 aliphatic heterocycles. The third kappa shape index (κ3) is 3.58. The van der Waals surface area contributed by atoms with Gasteiger partial charge >= 0.3 is 0 Å². The number of nitrogens with zero attached hydrogens (tertiary/aromatic N) is 2. The normalized spacial score (nSPS) is 17.2. The van der Waals surface area contributed by atoms with Gasteiger partial charge in [-0.3, -0.25) is 14.5 Å².